The summed E-state index contributed by atoms with van der Waals surface area (Å²) in [4.78, 5) is 70.4. The number of urea groups is 1. The van der Waals surface area contributed by atoms with Gasteiger partial charge in [-0.05, 0) is 0 Å². The number of carboxylic acid groups (broad SMARTS) is 2. The lowest BCUT2D eigenvalue weighted by molar-refractivity contribution is -0.154. The number of aliphatic hydroxyl groups excluding tert-OH is 4. The van der Waals surface area contributed by atoms with Crippen LogP contribution in [0.1, 0.15) is 0 Å². The van der Waals surface area contributed by atoms with Crippen molar-refractivity contribution in [3.63, 3.8) is 0 Å². The van der Waals surface area contributed by atoms with Crippen molar-refractivity contribution in [2.75, 3.05) is 13.2 Å². The Kier molecular flexibility index (Phi) is 9.07. The highest BCUT2D eigenvalue weighted by molar-refractivity contribution is 6.06. The lowest BCUT2D eigenvalue weighted by Gasteiger charge is -2.35. The van der Waals surface area contributed by atoms with E-state index in [1.54, 1.807) is 5.32 Å². The average molecular weight is 523 g/mol. The fourth-order valence-corrected chi connectivity index (χ4v) is 3.45. The molecule has 0 aromatic rings. The Balaban J connectivity index is 2.15. The van der Waals surface area contributed by atoms with Crippen molar-refractivity contribution in [3.05, 3.63) is 0 Å². The van der Waals surface area contributed by atoms with Crippen LogP contribution in [0.25, 0.3) is 0 Å². The summed E-state index contributed by atoms with van der Waals surface area (Å²) in [6.07, 6.45) is -13.1. The molecule has 0 spiro atoms. The van der Waals surface area contributed by atoms with Gasteiger partial charge in [0.1, 0.15) is 43.2 Å². The highest BCUT2D eigenvalue weighted by atomic mass is 16.6. The Morgan fingerprint density at radius 2 is 1.78 bits per heavy atom. The minimum absolute atomic E-state index is 0.555. The lowest BCUT2D eigenvalue weighted by atomic mass is 10.0. The van der Waals surface area contributed by atoms with Crippen LogP contribution in [-0.4, -0.2) is 133 Å². The molecule has 2 rings (SSSR count). The second-order valence-electron chi connectivity index (χ2n) is 7.85. The molecule has 36 heavy (non-hydrogen) atoms. The van der Waals surface area contributed by atoms with Crippen LogP contribution in [0.2, 0.25) is 0 Å². The first-order valence-electron chi connectivity index (χ1n) is 10.1. The van der Waals surface area contributed by atoms with Crippen LogP contribution in [0.5, 0.6) is 0 Å². The Hall–Kier alpha value is -3.62. The van der Waals surface area contributed by atoms with Gasteiger partial charge in [0.15, 0.2) is 18.2 Å². The van der Waals surface area contributed by atoms with E-state index in [0.717, 1.165) is 0 Å². The molecule has 0 bridgehead atoms. The van der Waals surface area contributed by atoms with Gasteiger partial charge < -0.3 is 56.9 Å². The molecular weight excluding hydrogens is 498 g/mol. The highest BCUT2D eigenvalue weighted by Crippen LogP contribution is 2.28. The zero-order valence-electron chi connectivity index (χ0n) is 18.2. The molecule has 9 unspecified atom stereocenters. The van der Waals surface area contributed by atoms with E-state index in [1.165, 1.54) is 0 Å². The van der Waals surface area contributed by atoms with Crippen LogP contribution in [0.3, 0.4) is 0 Å². The quantitative estimate of drug-likeness (QED) is 0.119. The molecule has 0 aliphatic carbocycles. The van der Waals surface area contributed by atoms with Gasteiger partial charge in [0, 0.05) is 6.54 Å². The molecule has 2 fully saturated rings. The number of nitrogens with one attached hydrogen (secondary N) is 2. The molecule has 2 aliphatic rings. The number of hydrogen-bond acceptors (Lipinski definition) is 13. The number of amides is 5. The zero-order chi connectivity index (χ0) is 27.5. The van der Waals surface area contributed by atoms with Gasteiger partial charge in [0.2, 0.25) is 11.8 Å². The SMILES string of the molecule is NC(=O)OCC(O)C(O)C(N)C(=O)NC(C(=O)O)C1OC(N2CC(C(=O)O)C(=O)NC2=O)C(O)C1O. The minimum atomic E-state index is -2.14. The van der Waals surface area contributed by atoms with Crippen LogP contribution < -0.4 is 22.1 Å². The molecule has 19 nitrogen and oxygen atoms in total. The van der Waals surface area contributed by atoms with E-state index in [0.29, 0.717) is 4.90 Å². The predicted octanol–water partition coefficient (Wildman–Crippen LogP) is -6.60. The summed E-state index contributed by atoms with van der Waals surface area (Å²) in [5.41, 5.74) is 10.2. The van der Waals surface area contributed by atoms with Gasteiger partial charge in [-0.15, -0.1) is 0 Å². The van der Waals surface area contributed by atoms with Gasteiger partial charge in [-0.2, -0.15) is 0 Å². The monoisotopic (exact) mass is 523 g/mol. The number of primary amides is 1. The number of aliphatic carboxylic acids is 2. The van der Waals surface area contributed by atoms with Crippen molar-refractivity contribution in [1.29, 1.82) is 0 Å². The Labute approximate surface area is 200 Å². The Bertz CT molecular complexity index is 916. The third kappa shape index (κ3) is 6.13. The Morgan fingerprint density at radius 3 is 2.31 bits per heavy atom. The summed E-state index contributed by atoms with van der Waals surface area (Å²) >= 11 is 0. The second kappa shape index (κ2) is 11.4. The number of aliphatic hydroxyl groups is 4. The highest BCUT2D eigenvalue weighted by Gasteiger charge is 2.54. The van der Waals surface area contributed by atoms with E-state index in [-0.39, 0.29) is 0 Å². The average Bonchev–Trinajstić information content (AvgIpc) is 3.08. The number of carbonyl (C=O) groups excluding carboxylic acids is 4. The molecule has 0 aromatic heterocycles. The zero-order valence-corrected chi connectivity index (χ0v) is 18.2. The molecular formula is C17H25N5O14. The van der Waals surface area contributed by atoms with E-state index in [2.05, 4.69) is 4.74 Å². The summed E-state index contributed by atoms with van der Waals surface area (Å²) in [6.45, 7) is -1.64. The minimum Gasteiger partial charge on any atom is -0.481 e. The molecule has 9 atom stereocenters. The van der Waals surface area contributed by atoms with E-state index >= 15 is 0 Å². The molecule has 0 radical (unpaired) electrons. The van der Waals surface area contributed by atoms with Gasteiger partial charge in [0.25, 0.3) is 0 Å². The summed E-state index contributed by atoms with van der Waals surface area (Å²) < 4.78 is 9.54. The predicted molar refractivity (Wildman–Crippen MR) is 107 cm³/mol. The van der Waals surface area contributed by atoms with E-state index in [4.69, 9.17) is 21.3 Å². The Morgan fingerprint density at radius 1 is 1.17 bits per heavy atom. The fraction of sp³-hybridized carbons (Fsp3) is 0.647. The van der Waals surface area contributed by atoms with Crippen LogP contribution >= 0.6 is 0 Å². The molecule has 2 saturated heterocycles. The van der Waals surface area contributed by atoms with Crippen molar-refractivity contribution in [1.82, 2.24) is 15.5 Å². The normalized spacial score (nSPS) is 29.5. The largest absolute Gasteiger partial charge is 0.481 e. The number of hydrogen-bond donors (Lipinski definition) is 10. The van der Waals surface area contributed by atoms with Crippen molar-refractivity contribution in [2.45, 2.75) is 48.8 Å². The molecule has 202 valence electrons. The molecule has 0 saturated carbocycles. The molecule has 0 aromatic carbocycles. The van der Waals surface area contributed by atoms with Crippen LogP contribution in [-0.2, 0) is 28.7 Å². The van der Waals surface area contributed by atoms with Crippen molar-refractivity contribution in [3.8, 4) is 0 Å². The standard InChI is InChI=1S/C17H25N5O14/c18-5(7(24)4(23)2-35-16(19)33)12(28)20-6(15(31)32)10-8(25)9(26)13(36-10)22-1-3(14(29)30)11(27)21-17(22)34/h3-10,13,23-26H,1-2,18H2,(H2,19,33)(H,20,28)(H,29,30)(H,31,32)(H,21,27,34). The third-order valence-electron chi connectivity index (χ3n) is 5.42. The van der Waals surface area contributed by atoms with Gasteiger partial charge in [0.05, 0.1) is 0 Å². The van der Waals surface area contributed by atoms with Gasteiger partial charge in [-0.1, -0.05) is 0 Å². The maximum absolute atomic E-state index is 12.4. The van der Waals surface area contributed by atoms with Crippen molar-refractivity contribution >= 4 is 35.9 Å². The van der Waals surface area contributed by atoms with E-state index in [1.807, 2.05) is 5.32 Å². The lowest BCUT2D eigenvalue weighted by Crippen LogP contribution is -2.61. The summed E-state index contributed by atoms with van der Waals surface area (Å²) in [5, 5.41) is 62.6. The third-order valence-corrected chi connectivity index (χ3v) is 5.42. The van der Waals surface area contributed by atoms with Gasteiger partial charge >= 0.3 is 24.1 Å². The second-order valence-corrected chi connectivity index (χ2v) is 7.85. The topological polar surface area (TPSA) is 322 Å². The number of carboxylic acids is 2. The van der Waals surface area contributed by atoms with Crippen LogP contribution in [0.4, 0.5) is 9.59 Å². The maximum atomic E-state index is 12.4. The van der Waals surface area contributed by atoms with Crippen molar-refractivity contribution in [2.24, 2.45) is 17.4 Å². The fourth-order valence-electron chi connectivity index (χ4n) is 3.45. The molecule has 2 heterocycles. The van der Waals surface area contributed by atoms with E-state index < -0.39 is 104 Å². The number of carbonyl (C=O) groups is 6. The summed E-state index contributed by atoms with van der Waals surface area (Å²) in [6, 6.07) is -5.33. The molecule has 2 aliphatic heterocycles. The number of nitrogens with zero attached hydrogens (tertiary/aromatic N) is 1. The first kappa shape index (κ1) is 28.6. The number of rotatable bonds is 10. The number of ether oxygens (including phenoxy) is 2. The summed E-state index contributed by atoms with van der Waals surface area (Å²) in [7, 11) is 0. The van der Waals surface area contributed by atoms with Crippen LogP contribution in [0, 0.1) is 5.92 Å². The maximum Gasteiger partial charge on any atom is 0.404 e. The first-order valence-corrected chi connectivity index (χ1v) is 10.1. The van der Waals surface area contributed by atoms with Crippen molar-refractivity contribution < 1.29 is 68.9 Å². The van der Waals surface area contributed by atoms with E-state index in [9.17, 15) is 54.3 Å². The smallest absolute Gasteiger partial charge is 0.404 e. The number of imide groups is 1. The van der Waals surface area contributed by atoms with Gasteiger partial charge in [-0.25, -0.2) is 14.4 Å². The first-order chi connectivity index (χ1) is 16.7. The molecule has 5 amide bonds. The van der Waals surface area contributed by atoms with Gasteiger partial charge in [-0.3, -0.25) is 24.6 Å². The molecule has 19 heteroatoms. The molecule has 12 N–H and O–H groups in total. The number of nitrogens with two attached hydrogens (primary N) is 2. The van der Waals surface area contributed by atoms with Crippen LogP contribution in [0.15, 0.2) is 0 Å². The summed E-state index contributed by atoms with van der Waals surface area (Å²) in [5.74, 6) is -7.70.